The van der Waals surface area contributed by atoms with Crippen LogP contribution in [0.3, 0.4) is 0 Å². The average Bonchev–Trinajstić information content (AvgIpc) is 2.55. The lowest BCUT2D eigenvalue weighted by Crippen LogP contribution is -2.28. The highest BCUT2D eigenvalue weighted by atomic mass is 32.1. The van der Waals surface area contributed by atoms with Gasteiger partial charge in [-0.05, 0) is 6.42 Å². The highest BCUT2D eigenvalue weighted by Crippen LogP contribution is 2.13. The second kappa shape index (κ2) is 20.3. The first-order chi connectivity index (χ1) is 11.3. The molecule has 1 unspecified atom stereocenters. The fourth-order valence-electron chi connectivity index (χ4n) is 3.02. The summed E-state index contributed by atoms with van der Waals surface area (Å²) in [6.07, 6.45) is 20.2. The Morgan fingerprint density at radius 2 is 1.17 bits per heavy atom. The maximum atomic E-state index is 9.78. The van der Waals surface area contributed by atoms with Crippen molar-refractivity contribution >= 4 is 12.6 Å². The lowest BCUT2D eigenvalue weighted by molar-refractivity contribution is 0.158. The second-order valence-corrected chi connectivity index (χ2v) is 7.41. The molecule has 0 aromatic rings. The van der Waals surface area contributed by atoms with Crippen molar-refractivity contribution in [2.45, 2.75) is 109 Å². The first-order valence-corrected chi connectivity index (χ1v) is 10.9. The smallest absolute Gasteiger partial charge is 0.0664 e. The van der Waals surface area contributed by atoms with Crippen molar-refractivity contribution in [3.63, 3.8) is 0 Å². The number of rotatable bonds is 19. The summed E-state index contributed by atoms with van der Waals surface area (Å²) in [6, 6.07) is 0. The van der Waals surface area contributed by atoms with E-state index >= 15 is 0 Å². The van der Waals surface area contributed by atoms with Gasteiger partial charge in [-0.25, -0.2) is 0 Å². The molecule has 1 atom stereocenters. The van der Waals surface area contributed by atoms with Crippen LogP contribution in [0.15, 0.2) is 0 Å². The summed E-state index contributed by atoms with van der Waals surface area (Å²) in [5, 5.41) is 13.0. The lowest BCUT2D eigenvalue weighted by Gasteiger charge is -2.10. The number of aliphatic hydroxyl groups is 1. The van der Waals surface area contributed by atoms with E-state index in [9.17, 15) is 5.11 Å². The highest BCUT2D eigenvalue weighted by Gasteiger charge is 2.02. The van der Waals surface area contributed by atoms with Crippen LogP contribution in [0, 0.1) is 0 Å². The van der Waals surface area contributed by atoms with Crippen molar-refractivity contribution in [1.29, 1.82) is 0 Å². The Bertz CT molecular complexity index is 214. The number of nitrogens with one attached hydrogen (secondary N) is 1. The molecular formula is C20H43NOS. The van der Waals surface area contributed by atoms with Gasteiger partial charge in [-0.1, -0.05) is 96.8 Å². The Kier molecular flexibility index (Phi) is 20.6. The lowest BCUT2D eigenvalue weighted by atomic mass is 10.0. The minimum atomic E-state index is -0.174. The fraction of sp³-hybridized carbons (Fsp3) is 1.00. The Morgan fingerprint density at radius 3 is 1.61 bits per heavy atom. The standard InChI is InChI=1S/C20H43NOS/c1-2-3-4-5-6-7-8-9-10-11-12-13-14-15-16-20(22)19-21-17-18-23/h20-23H,2-19H2,1H3. The second-order valence-electron chi connectivity index (χ2n) is 6.97. The maximum Gasteiger partial charge on any atom is 0.0664 e. The molecule has 0 saturated carbocycles. The van der Waals surface area contributed by atoms with Gasteiger partial charge >= 0.3 is 0 Å². The van der Waals surface area contributed by atoms with Gasteiger partial charge in [0.25, 0.3) is 0 Å². The summed E-state index contributed by atoms with van der Waals surface area (Å²) in [5.74, 6) is 0.839. The minimum absolute atomic E-state index is 0.174. The number of unbranched alkanes of at least 4 members (excludes halogenated alkanes) is 13. The van der Waals surface area contributed by atoms with Crippen molar-refractivity contribution in [2.24, 2.45) is 0 Å². The first-order valence-electron chi connectivity index (χ1n) is 10.3. The van der Waals surface area contributed by atoms with E-state index in [0.717, 1.165) is 25.3 Å². The predicted molar refractivity (Wildman–Crippen MR) is 108 cm³/mol. The van der Waals surface area contributed by atoms with Crippen LogP contribution in [-0.2, 0) is 0 Å². The van der Waals surface area contributed by atoms with Crippen molar-refractivity contribution < 1.29 is 5.11 Å². The molecule has 0 amide bonds. The number of hydrogen-bond donors (Lipinski definition) is 3. The van der Waals surface area contributed by atoms with Gasteiger partial charge in [0.15, 0.2) is 0 Å². The Hall–Kier alpha value is 0.270. The summed E-state index contributed by atoms with van der Waals surface area (Å²) in [4.78, 5) is 0. The van der Waals surface area contributed by atoms with Crippen LogP contribution >= 0.6 is 12.6 Å². The molecular weight excluding hydrogens is 302 g/mol. The summed E-state index contributed by atoms with van der Waals surface area (Å²) < 4.78 is 0. The summed E-state index contributed by atoms with van der Waals surface area (Å²) >= 11 is 4.14. The first kappa shape index (κ1) is 23.3. The van der Waals surface area contributed by atoms with Crippen LogP contribution in [0.4, 0.5) is 0 Å². The molecule has 0 aromatic carbocycles. The van der Waals surface area contributed by atoms with E-state index in [2.05, 4.69) is 24.9 Å². The van der Waals surface area contributed by atoms with Gasteiger partial charge in [-0.2, -0.15) is 12.6 Å². The van der Waals surface area contributed by atoms with Crippen LogP contribution < -0.4 is 5.32 Å². The molecule has 0 bridgehead atoms. The molecule has 0 rings (SSSR count). The van der Waals surface area contributed by atoms with Gasteiger partial charge in [-0.3, -0.25) is 0 Å². The van der Waals surface area contributed by atoms with E-state index in [4.69, 9.17) is 0 Å². The van der Waals surface area contributed by atoms with Gasteiger partial charge in [0.1, 0.15) is 0 Å². The zero-order chi connectivity index (χ0) is 17.0. The molecule has 0 fully saturated rings. The van der Waals surface area contributed by atoms with Crippen molar-refractivity contribution in [2.75, 3.05) is 18.8 Å². The van der Waals surface area contributed by atoms with E-state index in [1.165, 1.54) is 89.9 Å². The van der Waals surface area contributed by atoms with Crippen LogP contribution in [0.1, 0.15) is 103 Å². The average molecular weight is 346 g/mol. The Balaban J connectivity index is 3.05. The highest BCUT2D eigenvalue weighted by molar-refractivity contribution is 7.80. The van der Waals surface area contributed by atoms with Crippen LogP contribution in [0.2, 0.25) is 0 Å². The van der Waals surface area contributed by atoms with Gasteiger partial charge in [0.2, 0.25) is 0 Å². The molecule has 0 aliphatic rings. The molecule has 2 N–H and O–H groups in total. The molecule has 140 valence electrons. The molecule has 2 nitrogen and oxygen atoms in total. The molecule has 0 saturated heterocycles. The SMILES string of the molecule is CCCCCCCCCCCCCCCCC(O)CNCCS. The van der Waals surface area contributed by atoms with E-state index in [-0.39, 0.29) is 6.10 Å². The largest absolute Gasteiger partial charge is 0.392 e. The van der Waals surface area contributed by atoms with E-state index < -0.39 is 0 Å². The zero-order valence-electron chi connectivity index (χ0n) is 15.7. The predicted octanol–water partition coefficient (Wildman–Crippen LogP) is 5.74. The molecule has 0 aliphatic heterocycles. The number of thiol groups is 1. The molecule has 0 spiro atoms. The number of aliphatic hydroxyl groups excluding tert-OH is 1. The third kappa shape index (κ3) is 20.2. The fourth-order valence-corrected chi connectivity index (χ4v) is 3.18. The molecule has 23 heavy (non-hydrogen) atoms. The quantitative estimate of drug-likeness (QED) is 0.206. The minimum Gasteiger partial charge on any atom is -0.392 e. The van der Waals surface area contributed by atoms with Crippen LogP contribution in [0.25, 0.3) is 0 Å². The summed E-state index contributed by atoms with van der Waals surface area (Å²) in [5.41, 5.74) is 0. The van der Waals surface area contributed by atoms with E-state index in [1.54, 1.807) is 0 Å². The normalized spacial score (nSPS) is 12.7. The van der Waals surface area contributed by atoms with Gasteiger partial charge in [0, 0.05) is 18.8 Å². The Labute approximate surface area is 151 Å². The zero-order valence-corrected chi connectivity index (χ0v) is 16.6. The van der Waals surface area contributed by atoms with Crippen LogP contribution in [-0.4, -0.2) is 30.1 Å². The topological polar surface area (TPSA) is 32.3 Å². The van der Waals surface area contributed by atoms with Gasteiger partial charge in [0.05, 0.1) is 6.10 Å². The molecule has 0 heterocycles. The third-order valence-electron chi connectivity index (χ3n) is 4.56. The molecule has 0 aromatic heterocycles. The summed E-state index contributed by atoms with van der Waals surface area (Å²) in [6.45, 7) is 3.89. The van der Waals surface area contributed by atoms with Gasteiger partial charge < -0.3 is 10.4 Å². The summed E-state index contributed by atoms with van der Waals surface area (Å²) in [7, 11) is 0. The Morgan fingerprint density at radius 1 is 0.739 bits per heavy atom. The van der Waals surface area contributed by atoms with Crippen LogP contribution in [0.5, 0.6) is 0 Å². The van der Waals surface area contributed by atoms with Crippen molar-refractivity contribution in [3.8, 4) is 0 Å². The van der Waals surface area contributed by atoms with E-state index in [1.807, 2.05) is 0 Å². The molecule has 3 heteroatoms. The van der Waals surface area contributed by atoms with Gasteiger partial charge in [-0.15, -0.1) is 0 Å². The van der Waals surface area contributed by atoms with Crippen molar-refractivity contribution in [1.82, 2.24) is 5.32 Å². The number of hydrogen-bond acceptors (Lipinski definition) is 3. The van der Waals surface area contributed by atoms with E-state index in [0.29, 0.717) is 0 Å². The molecule has 0 aliphatic carbocycles. The van der Waals surface area contributed by atoms with Crippen molar-refractivity contribution in [3.05, 3.63) is 0 Å². The molecule has 0 radical (unpaired) electrons. The third-order valence-corrected chi connectivity index (χ3v) is 4.78. The monoisotopic (exact) mass is 345 g/mol. The maximum absolute atomic E-state index is 9.78.